The Morgan fingerprint density at radius 3 is 1.90 bits per heavy atom. The SMILES string of the molecule is O=C1c2ccccc2C(=O)c2c1oc(-c1ccccc1)c2C(=O)Nc1ccccc1. The molecule has 0 saturated carbocycles. The zero-order valence-corrected chi connectivity index (χ0v) is 15.7. The summed E-state index contributed by atoms with van der Waals surface area (Å²) in [6, 6.07) is 24.5. The number of carbonyl (C=O) groups is 3. The van der Waals surface area contributed by atoms with Gasteiger partial charge < -0.3 is 9.73 Å². The molecule has 0 spiro atoms. The minimum absolute atomic E-state index is 0.00554. The summed E-state index contributed by atoms with van der Waals surface area (Å²) in [4.78, 5) is 39.6. The van der Waals surface area contributed by atoms with Crippen molar-refractivity contribution in [2.24, 2.45) is 0 Å². The topological polar surface area (TPSA) is 76.4 Å². The fourth-order valence-corrected chi connectivity index (χ4v) is 3.67. The largest absolute Gasteiger partial charge is 0.451 e. The molecule has 0 aliphatic heterocycles. The van der Waals surface area contributed by atoms with Gasteiger partial charge in [-0.2, -0.15) is 0 Å². The van der Waals surface area contributed by atoms with Crippen LogP contribution >= 0.6 is 0 Å². The molecule has 144 valence electrons. The van der Waals surface area contributed by atoms with Gasteiger partial charge in [-0.15, -0.1) is 0 Å². The van der Waals surface area contributed by atoms with Gasteiger partial charge in [-0.25, -0.2) is 0 Å². The van der Waals surface area contributed by atoms with Crippen molar-refractivity contribution in [3.63, 3.8) is 0 Å². The smallest absolute Gasteiger partial charge is 0.260 e. The fourth-order valence-electron chi connectivity index (χ4n) is 3.67. The number of hydrogen-bond donors (Lipinski definition) is 1. The van der Waals surface area contributed by atoms with Crippen molar-refractivity contribution < 1.29 is 18.8 Å². The molecule has 1 amide bonds. The quantitative estimate of drug-likeness (QED) is 0.469. The van der Waals surface area contributed by atoms with Crippen molar-refractivity contribution in [3.05, 3.63) is 113 Å². The van der Waals surface area contributed by atoms with Gasteiger partial charge >= 0.3 is 0 Å². The van der Waals surface area contributed by atoms with E-state index in [4.69, 9.17) is 4.42 Å². The van der Waals surface area contributed by atoms with Crippen LogP contribution in [-0.4, -0.2) is 17.5 Å². The Kier molecular flexibility index (Phi) is 4.14. The monoisotopic (exact) mass is 393 g/mol. The van der Waals surface area contributed by atoms with Gasteiger partial charge in [0.15, 0.2) is 11.5 Å². The Morgan fingerprint density at radius 2 is 1.23 bits per heavy atom. The second-order valence-corrected chi connectivity index (χ2v) is 6.90. The molecule has 1 N–H and O–H groups in total. The lowest BCUT2D eigenvalue weighted by molar-refractivity contribution is 0.0957. The number of hydrogen-bond acceptors (Lipinski definition) is 4. The predicted octanol–water partition coefficient (Wildman–Crippen LogP) is 4.97. The van der Waals surface area contributed by atoms with Crippen molar-refractivity contribution in [1.82, 2.24) is 0 Å². The molecule has 1 aliphatic carbocycles. The minimum Gasteiger partial charge on any atom is -0.451 e. The first-order valence-electron chi connectivity index (χ1n) is 9.42. The van der Waals surface area contributed by atoms with Gasteiger partial charge in [-0.05, 0) is 12.1 Å². The standard InChI is InChI=1S/C25H15NO4/c27-21-17-13-7-8-14-18(17)22(28)24-19(21)20(23(30-24)15-9-3-1-4-10-15)25(29)26-16-11-5-2-6-12-16/h1-14H,(H,26,29). The van der Waals surface area contributed by atoms with Crippen LogP contribution in [-0.2, 0) is 0 Å². The first kappa shape index (κ1) is 17.8. The van der Waals surface area contributed by atoms with E-state index in [0.29, 0.717) is 11.3 Å². The lowest BCUT2D eigenvalue weighted by Gasteiger charge is -2.13. The fraction of sp³-hybridized carbons (Fsp3) is 0. The molecule has 30 heavy (non-hydrogen) atoms. The molecule has 5 heteroatoms. The van der Waals surface area contributed by atoms with E-state index in [2.05, 4.69) is 5.32 Å². The van der Waals surface area contributed by atoms with Crippen molar-refractivity contribution in [2.45, 2.75) is 0 Å². The summed E-state index contributed by atoms with van der Waals surface area (Å²) in [6.07, 6.45) is 0. The van der Waals surface area contributed by atoms with Gasteiger partial charge in [0.2, 0.25) is 5.78 Å². The molecule has 0 saturated heterocycles. The summed E-state index contributed by atoms with van der Waals surface area (Å²) in [5, 5.41) is 2.80. The van der Waals surface area contributed by atoms with Crippen LogP contribution in [0, 0.1) is 0 Å². The average molecular weight is 393 g/mol. The van der Waals surface area contributed by atoms with Crippen LogP contribution < -0.4 is 5.32 Å². The van der Waals surface area contributed by atoms with E-state index in [1.165, 1.54) is 0 Å². The number of benzene rings is 3. The van der Waals surface area contributed by atoms with E-state index in [-0.39, 0.29) is 33.8 Å². The summed E-state index contributed by atoms with van der Waals surface area (Å²) in [7, 11) is 0. The highest BCUT2D eigenvalue weighted by Crippen LogP contribution is 2.38. The summed E-state index contributed by atoms with van der Waals surface area (Å²) in [6.45, 7) is 0. The van der Waals surface area contributed by atoms with E-state index >= 15 is 0 Å². The maximum atomic E-state index is 13.3. The lowest BCUT2D eigenvalue weighted by atomic mass is 9.86. The molecule has 4 aromatic rings. The molecule has 0 bridgehead atoms. The normalized spacial score (nSPS) is 12.3. The average Bonchev–Trinajstić information content (AvgIpc) is 3.20. The first-order valence-corrected chi connectivity index (χ1v) is 9.42. The number of rotatable bonds is 3. The molecule has 5 rings (SSSR count). The third-order valence-electron chi connectivity index (χ3n) is 5.05. The van der Waals surface area contributed by atoms with Crippen LogP contribution in [0.1, 0.15) is 42.4 Å². The highest BCUT2D eigenvalue weighted by atomic mass is 16.4. The van der Waals surface area contributed by atoms with Crippen LogP contribution in [0.2, 0.25) is 0 Å². The van der Waals surface area contributed by atoms with Gasteiger partial charge in [0.1, 0.15) is 5.76 Å². The Bertz CT molecular complexity index is 1300. The Hall–Kier alpha value is -4.25. The number of carbonyl (C=O) groups excluding carboxylic acids is 3. The summed E-state index contributed by atoms with van der Waals surface area (Å²) in [5.41, 5.74) is 1.79. The third-order valence-corrected chi connectivity index (χ3v) is 5.05. The minimum atomic E-state index is -0.509. The zero-order chi connectivity index (χ0) is 20.7. The van der Waals surface area contributed by atoms with Crippen LogP contribution in [0.25, 0.3) is 11.3 Å². The van der Waals surface area contributed by atoms with Gasteiger partial charge in [-0.3, -0.25) is 14.4 Å². The summed E-state index contributed by atoms with van der Waals surface area (Å²) >= 11 is 0. The molecule has 0 fully saturated rings. The second kappa shape index (κ2) is 6.97. The number of amides is 1. The molecule has 3 aromatic carbocycles. The van der Waals surface area contributed by atoms with Gasteiger partial charge in [0.05, 0.1) is 11.1 Å². The summed E-state index contributed by atoms with van der Waals surface area (Å²) in [5.74, 6) is -1.22. The molecule has 1 heterocycles. The zero-order valence-electron chi connectivity index (χ0n) is 15.7. The third kappa shape index (κ3) is 2.76. The Balaban J connectivity index is 1.72. The molecular formula is C25H15NO4. The molecule has 1 aromatic heterocycles. The van der Waals surface area contributed by atoms with Crippen LogP contribution in [0.15, 0.2) is 89.3 Å². The number of furan rings is 1. The molecule has 0 unspecified atom stereocenters. The number of nitrogens with one attached hydrogen (secondary N) is 1. The molecule has 1 aliphatic rings. The molecule has 0 radical (unpaired) electrons. The van der Waals surface area contributed by atoms with Crippen LogP contribution in [0.5, 0.6) is 0 Å². The van der Waals surface area contributed by atoms with E-state index in [1.807, 2.05) is 12.1 Å². The highest BCUT2D eigenvalue weighted by Gasteiger charge is 2.39. The van der Waals surface area contributed by atoms with Crippen LogP contribution in [0.3, 0.4) is 0 Å². The predicted molar refractivity (Wildman–Crippen MR) is 112 cm³/mol. The van der Waals surface area contributed by atoms with Gasteiger partial charge in [-0.1, -0.05) is 72.8 Å². The number of para-hydroxylation sites is 1. The van der Waals surface area contributed by atoms with E-state index in [9.17, 15) is 14.4 Å². The Morgan fingerprint density at radius 1 is 0.667 bits per heavy atom. The number of fused-ring (bicyclic) bond motifs is 2. The first-order chi connectivity index (χ1) is 14.6. The molecule has 5 nitrogen and oxygen atoms in total. The maximum absolute atomic E-state index is 13.3. The highest BCUT2D eigenvalue weighted by molar-refractivity contribution is 6.31. The van der Waals surface area contributed by atoms with Crippen molar-refractivity contribution in [1.29, 1.82) is 0 Å². The van der Waals surface area contributed by atoms with Crippen molar-refractivity contribution >= 4 is 23.2 Å². The van der Waals surface area contributed by atoms with Crippen molar-refractivity contribution in [3.8, 4) is 11.3 Å². The van der Waals surface area contributed by atoms with E-state index in [0.717, 1.165) is 0 Å². The summed E-state index contributed by atoms with van der Waals surface area (Å²) < 4.78 is 5.89. The van der Waals surface area contributed by atoms with Crippen LogP contribution in [0.4, 0.5) is 5.69 Å². The van der Waals surface area contributed by atoms with Gasteiger partial charge in [0, 0.05) is 22.4 Å². The maximum Gasteiger partial charge on any atom is 0.260 e. The molecule has 0 atom stereocenters. The number of ketones is 2. The van der Waals surface area contributed by atoms with E-state index < -0.39 is 17.5 Å². The van der Waals surface area contributed by atoms with Crippen molar-refractivity contribution in [2.75, 3.05) is 5.32 Å². The number of anilines is 1. The van der Waals surface area contributed by atoms with E-state index in [1.54, 1.807) is 72.8 Å². The van der Waals surface area contributed by atoms with Gasteiger partial charge in [0.25, 0.3) is 5.91 Å². The Labute approximate surface area is 172 Å². The molecular weight excluding hydrogens is 378 g/mol. The lowest BCUT2D eigenvalue weighted by Crippen LogP contribution is -2.23. The second-order valence-electron chi connectivity index (χ2n) is 6.90.